The van der Waals surface area contributed by atoms with Crippen LogP contribution >= 0.6 is 11.3 Å². The zero-order chi connectivity index (χ0) is 34.9. The number of hydrazine groups is 1. The van der Waals surface area contributed by atoms with Crippen molar-refractivity contribution in [3.05, 3.63) is 58.2 Å². The maximum Gasteiger partial charge on any atom is 0.324 e. The first kappa shape index (κ1) is 33.0. The number of cyclic esters (lactones) is 1. The van der Waals surface area contributed by atoms with Gasteiger partial charge in [0, 0.05) is 77.5 Å². The molecule has 2 aliphatic carbocycles. The molecule has 6 bridgehead atoms. The van der Waals surface area contributed by atoms with E-state index >= 15 is 0 Å². The molecule has 8 rings (SSSR count). The molecule has 2 fully saturated rings. The van der Waals surface area contributed by atoms with Crippen LogP contribution in [0.5, 0.6) is 0 Å². The highest BCUT2D eigenvalue weighted by atomic mass is 32.1. The van der Waals surface area contributed by atoms with Crippen molar-refractivity contribution in [2.45, 2.75) is 84.0 Å². The number of carbonyl (C=O) groups excluding carboxylic acids is 3. The molecular weight excluding hydrogens is 653 g/mol. The summed E-state index contributed by atoms with van der Waals surface area (Å²) < 4.78 is 14.8. The summed E-state index contributed by atoms with van der Waals surface area (Å²) in [5, 5.41) is 8.40. The lowest BCUT2D eigenvalue weighted by Crippen LogP contribution is -2.60. The van der Waals surface area contributed by atoms with E-state index in [1.165, 1.54) is 16.3 Å². The van der Waals surface area contributed by atoms with Crippen LogP contribution in [0.15, 0.2) is 41.9 Å². The Morgan fingerprint density at radius 2 is 2.06 bits per heavy atom. The molecule has 3 aromatic heterocycles. The number of pyridine rings is 1. The molecule has 2 aliphatic heterocycles. The Morgan fingerprint density at radius 3 is 2.82 bits per heavy atom. The van der Waals surface area contributed by atoms with Crippen LogP contribution in [-0.4, -0.2) is 69.7 Å². The molecule has 262 valence electrons. The lowest BCUT2D eigenvalue weighted by atomic mass is 9.67. The number of amides is 2. The fraction of sp³-hybridized carbons (Fsp3) is 0.500. The molecule has 1 saturated carbocycles. The molecule has 3 unspecified atom stereocenters. The first-order chi connectivity index (χ1) is 24.1. The largest absolute Gasteiger partial charge is 0.464 e. The SMILES string of the molecule is CCn1c2c3c4cc(ccc41)-c1csc(n1)CC(NC(=O)[C@H]1CC1C)C(=O)N1CCC[C@H](N1)C(=O)OCC(C)(C)C3[C@H](OC)c1ncccc1-2. The smallest absolute Gasteiger partial charge is 0.324 e. The van der Waals surface area contributed by atoms with E-state index < -0.39 is 23.5 Å². The molecule has 0 spiro atoms. The van der Waals surface area contributed by atoms with Gasteiger partial charge in [0.1, 0.15) is 18.2 Å². The van der Waals surface area contributed by atoms with Gasteiger partial charge in [-0.1, -0.05) is 26.8 Å². The monoisotopic (exact) mass is 696 g/mol. The van der Waals surface area contributed by atoms with Gasteiger partial charge < -0.3 is 19.4 Å². The van der Waals surface area contributed by atoms with Crippen molar-refractivity contribution in [3.63, 3.8) is 0 Å². The minimum atomic E-state index is -0.817. The molecule has 12 heteroatoms. The van der Waals surface area contributed by atoms with Crippen LogP contribution in [0.2, 0.25) is 0 Å². The van der Waals surface area contributed by atoms with Crippen molar-refractivity contribution >= 4 is 40.0 Å². The number of fused-ring (bicyclic) bond motifs is 8. The summed E-state index contributed by atoms with van der Waals surface area (Å²) >= 11 is 1.49. The van der Waals surface area contributed by atoms with Gasteiger partial charge in [-0.3, -0.25) is 24.4 Å². The highest BCUT2D eigenvalue weighted by molar-refractivity contribution is 7.10. The van der Waals surface area contributed by atoms with E-state index in [0.29, 0.717) is 25.3 Å². The number of esters is 1. The van der Waals surface area contributed by atoms with Gasteiger partial charge in [0.15, 0.2) is 0 Å². The average molecular weight is 697 g/mol. The van der Waals surface area contributed by atoms with E-state index in [9.17, 15) is 14.4 Å². The highest BCUT2D eigenvalue weighted by Gasteiger charge is 2.48. The number of hydrogen-bond acceptors (Lipinski definition) is 9. The Hall–Kier alpha value is -4.13. The lowest BCUT2D eigenvalue weighted by Gasteiger charge is -2.42. The number of benzene rings is 1. The van der Waals surface area contributed by atoms with Crippen LogP contribution in [0.1, 0.15) is 75.2 Å². The van der Waals surface area contributed by atoms with Gasteiger partial charge in [0.2, 0.25) is 5.91 Å². The maximum absolute atomic E-state index is 14.1. The van der Waals surface area contributed by atoms with E-state index in [-0.39, 0.29) is 42.8 Å². The topological polar surface area (TPSA) is 128 Å². The molecule has 11 nitrogen and oxygen atoms in total. The Balaban J connectivity index is 1.28. The number of ether oxygens (including phenoxy) is 2. The lowest BCUT2D eigenvalue weighted by molar-refractivity contribution is -0.156. The number of rotatable bonds is 4. The number of carbonyl (C=O) groups is 3. The summed E-state index contributed by atoms with van der Waals surface area (Å²) in [4.78, 5) is 50.8. The third-order valence-electron chi connectivity index (χ3n) is 11.1. The van der Waals surface area contributed by atoms with Gasteiger partial charge in [-0.2, -0.15) is 0 Å². The van der Waals surface area contributed by atoms with E-state index in [0.717, 1.165) is 62.6 Å². The predicted octanol–water partition coefficient (Wildman–Crippen LogP) is 5.39. The van der Waals surface area contributed by atoms with E-state index in [2.05, 4.69) is 60.3 Å². The average Bonchev–Trinajstić information content (AvgIpc) is 3.53. The molecular formula is C38H44N6O5S. The number of nitrogens with zero attached hydrogens (tertiary/aromatic N) is 4. The van der Waals surface area contributed by atoms with Crippen LogP contribution < -0.4 is 10.7 Å². The predicted molar refractivity (Wildman–Crippen MR) is 190 cm³/mol. The second-order valence-corrected chi connectivity index (χ2v) is 15.9. The number of hydrogen-bond donors (Lipinski definition) is 2. The molecule has 50 heavy (non-hydrogen) atoms. The summed E-state index contributed by atoms with van der Waals surface area (Å²) in [6, 6.07) is 9.06. The third-order valence-corrected chi connectivity index (χ3v) is 12.0. The zero-order valence-electron chi connectivity index (χ0n) is 29.2. The molecule has 2 amide bonds. The van der Waals surface area contributed by atoms with Crippen LogP contribution in [0, 0.1) is 17.3 Å². The van der Waals surface area contributed by atoms with Gasteiger partial charge in [-0.15, -0.1) is 11.3 Å². The first-order valence-corrected chi connectivity index (χ1v) is 18.6. The molecule has 1 aromatic carbocycles. The minimum Gasteiger partial charge on any atom is -0.464 e. The standard InChI is InChI=1S/C38H44N6O5S/c1-6-43-28-12-11-21-16-24(28)30-31(34(48-5)32-22(33(30)43)9-7-13-39-32)38(3,4)19-49-37(47)25-10-8-14-44(42-25)36(46)26(17-29-40-27(21)18-50-29)41-35(45)23-15-20(23)2/h7,9,11-13,16,18,20,23,25-26,31,34,42H,6,8,10,14-15,17,19H2,1-5H3,(H,41,45)/t20?,23-,25-,26?,31?,34-/m0/s1. The van der Waals surface area contributed by atoms with Crippen molar-refractivity contribution in [1.82, 2.24) is 30.3 Å². The Kier molecular flexibility index (Phi) is 8.31. The summed E-state index contributed by atoms with van der Waals surface area (Å²) in [6.45, 7) is 9.76. The number of nitrogens with one attached hydrogen (secondary N) is 2. The number of aromatic nitrogens is 3. The van der Waals surface area contributed by atoms with Crippen LogP contribution in [-0.2, 0) is 36.8 Å². The van der Waals surface area contributed by atoms with Crippen LogP contribution in [0.3, 0.4) is 0 Å². The number of thiazole rings is 1. The van der Waals surface area contributed by atoms with E-state index in [1.54, 1.807) is 7.11 Å². The van der Waals surface area contributed by atoms with Gasteiger partial charge in [-0.25, -0.2) is 10.4 Å². The quantitative estimate of drug-likeness (QED) is 0.272. The fourth-order valence-corrected chi connectivity index (χ4v) is 9.15. The van der Waals surface area contributed by atoms with Gasteiger partial charge >= 0.3 is 5.97 Å². The Labute approximate surface area is 295 Å². The summed E-state index contributed by atoms with van der Waals surface area (Å²) in [5.41, 5.74) is 9.64. The van der Waals surface area contributed by atoms with Crippen molar-refractivity contribution in [1.29, 1.82) is 0 Å². The van der Waals surface area contributed by atoms with Crippen molar-refractivity contribution in [3.8, 4) is 22.5 Å². The maximum atomic E-state index is 14.1. The summed E-state index contributed by atoms with van der Waals surface area (Å²) in [5.74, 6) is -0.779. The second kappa shape index (κ2) is 12.6. The summed E-state index contributed by atoms with van der Waals surface area (Å²) in [6.07, 6.45) is 3.67. The van der Waals surface area contributed by atoms with Gasteiger partial charge in [0.25, 0.3) is 5.91 Å². The van der Waals surface area contributed by atoms with Gasteiger partial charge in [0.05, 0.1) is 28.7 Å². The third kappa shape index (κ3) is 5.52. The molecule has 5 heterocycles. The zero-order valence-corrected chi connectivity index (χ0v) is 30.0. The molecule has 4 aliphatic rings. The molecule has 4 aromatic rings. The van der Waals surface area contributed by atoms with Crippen LogP contribution in [0.4, 0.5) is 0 Å². The number of aryl methyl sites for hydroxylation is 1. The first-order valence-electron chi connectivity index (χ1n) is 17.7. The minimum absolute atomic E-state index is 0.0829. The Bertz CT molecular complexity index is 2000. The van der Waals surface area contributed by atoms with Crippen LogP contribution in [0.25, 0.3) is 33.4 Å². The number of methoxy groups -OCH3 is 1. The van der Waals surface area contributed by atoms with E-state index in [4.69, 9.17) is 19.4 Å². The fourth-order valence-electron chi connectivity index (χ4n) is 8.30. The Morgan fingerprint density at radius 1 is 1.24 bits per heavy atom. The van der Waals surface area contributed by atoms with Crippen molar-refractivity contribution in [2.75, 3.05) is 20.3 Å². The molecule has 2 N–H and O–H groups in total. The molecule has 0 radical (unpaired) electrons. The van der Waals surface area contributed by atoms with Crippen molar-refractivity contribution < 1.29 is 23.9 Å². The second-order valence-electron chi connectivity index (χ2n) is 14.9. The molecule has 6 atom stereocenters. The van der Waals surface area contributed by atoms with Gasteiger partial charge in [-0.05, 0) is 61.9 Å². The normalized spacial score (nSPS) is 27.3. The van der Waals surface area contributed by atoms with Crippen molar-refractivity contribution in [2.24, 2.45) is 17.3 Å². The highest BCUT2D eigenvalue weighted by Crippen LogP contribution is 2.57. The molecule has 1 saturated heterocycles. The summed E-state index contributed by atoms with van der Waals surface area (Å²) in [7, 11) is 1.72. The van der Waals surface area contributed by atoms with E-state index in [1.807, 2.05) is 24.6 Å².